The van der Waals surface area contributed by atoms with E-state index < -0.39 is 0 Å². The summed E-state index contributed by atoms with van der Waals surface area (Å²) in [5.74, 6) is 1.75. The fraction of sp³-hybridized carbons (Fsp3) is 0. The van der Waals surface area contributed by atoms with E-state index >= 15 is 0 Å². The van der Waals surface area contributed by atoms with Crippen LogP contribution in [0.2, 0.25) is 0 Å². The minimum Gasteiger partial charge on any atom is -0.309 e. The fourth-order valence-electron chi connectivity index (χ4n) is 10.4. The number of para-hydroxylation sites is 3. The molecule has 67 heavy (non-hydrogen) atoms. The van der Waals surface area contributed by atoms with Gasteiger partial charge in [-0.25, -0.2) is 4.98 Å². The van der Waals surface area contributed by atoms with Crippen LogP contribution >= 0.6 is 0 Å². The van der Waals surface area contributed by atoms with Gasteiger partial charge in [0.1, 0.15) is 0 Å². The summed E-state index contributed by atoms with van der Waals surface area (Å²) in [6.45, 7) is 0. The van der Waals surface area contributed by atoms with Crippen molar-refractivity contribution in [3.05, 3.63) is 231 Å². The average Bonchev–Trinajstić information content (AvgIpc) is 4.04. The highest BCUT2D eigenvalue weighted by molar-refractivity contribution is 6.24. The molecule has 6 heteroatoms. The third kappa shape index (κ3) is 5.80. The third-order valence-electron chi connectivity index (χ3n) is 13.5. The highest BCUT2D eigenvalue weighted by Crippen LogP contribution is 2.43. The van der Waals surface area contributed by atoms with Crippen LogP contribution in [0.1, 0.15) is 0 Å². The smallest absolute Gasteiger partial charge is 0.238 e. The number of aromatic nitrogens is 6. The molecular formula is C61H38N6. The van der Waals surface area contributed by atoms with E-state index in [1.165, 1.54) is 38.0 Å². The summed E-state index contributed by atoms with van der Waals surface area (Å²) in [4.78, 5) is 16.1. The summed E-state index contributed by atoms with van der Waals surface area (Å²) in [6, 6.07) is 82.2. The molecule has 0 saturated heterocycles. The maximum absolute atomic E-state index is 5.46. The average molecular weight is 855 g/mol. The maximum Gasteiger partial charge on any atom is 0.238 e. The minimum atomic E-state index is 0.545. The van der Waals surface area contributed by atoms with Crippen LogP contribution in [0.4, 0.5) is 0 Å². The van der Waals surface area contributed by atoms with E-state index in [9.17, 15) is 0 Å². The van der Waals surface area contributed by atoms with Crippen molar-refractivity contribution in [3.8, 4) is 51.2 Å². The van der Waals surface area contributed by atoms with E-state index in [1.54, 1.807) is 0 Å². The number of hydrogen-bond donors (Lipinski definition) is 0. The zero-order valence-electron chi connectivity index (χ0n) is 36.1. The Kier molecular flexibility index (Phi) is 8.18. The van der Waals surface area contributed by atoms with Gasteiger partial charge in [-0.15, -0.1) is 0 Å². The summed E-state index contributed by atoms with van der Waals surface area (Å²) in [7, 11) is 0. The number of fused-ring (bicyclic) bond motifs is 11. The van der Waals surface area contributed by atoms with Crippen molar-refractivity contribution in [1.29, 1.82) is 0 Å². The van der Waals surface area contributed by atoms with Crippen molar-refractivity contribution in [3.63, 3.8) is 0 Å². The van der Waals surface area contributed by atoms with E-state index in [0.717, 1.165) is 71.9 Å². The quantitative estimate of drug-likeness (QED) is 0.167. The van der Waals surface area contributed by atoms with Gasteiger partial charge in [-0.1, -0.05) is 182 Å². The van der Waals surface area contributed by atoms with Crippen molar-refractivity contribution < 1.29 is 0 Å². The normalized spacial score (nSPS) is 11.9. The zero-order chi connectivity index (χ0) is 44.0. The van der Waals surface area contributed by atoms with Gasteiger partial charge in [-0.2, -0.15) is 9.97 Å². The number of benzene rings is 10. The second kappa shape index (κ2) is 14.7. The molecule has 0 bridgehead atoms. The second-order valence-electron chi connectivity index (χ2n) is 17.2. The third-order valence-corrected chi connectivity index (χ3v) is 13.5. The first-order chi connectivity index (χ1) is 33.2. The molecule has 4 aromatic heterocycles. The van der Waals surface area contributed by atoms with Crippen LogP contribution < -0.4 is 0 Å². The Morgan fingerprint density at radius 3 is 1.37 bits per heavy atom. The fourth-order valence-corrected chi connectivity index (χ4v) is 10.4. The van der Waals surface area contributed by atoms with Crippen LogP contribution in [0.5, 0.6) is 0 Å². The minimum absolute atomic E-state index is 0.545. The summed E-state index contributed by atoms with van der Waals surface area (Å²) in [5, 5.41) is 9.36. The standard InChI is InChI=1S/C61H38N6/c1-3-15-39(16-4-1)41-27-29-43(30-28-41)60-62-59(42-18-5-2-6-19-42)63-61(64-60)67-56-36-33-46(65-53-24-12-9-21-47(53)48-22-10-13-25-54(48)65)38-52(56)51-35-34-50-49-23-11-14-26-55(49)66(57(50)58(51)67)45-32-31-40-17-7-8-20-44(40)37-45/h1-38H. The van der Waals surface area contributed by atoms with Crippen molar-refractivity contribution in [2.75, 3.05) is 0 Å². The molecule has 0 radical (unpaired) electrons. The lowest BCUT2D eigenvalue weighted by atomic mass is 10.0. The molecule has 0 spiro atoms. The van der Waals surface area contributed by atoms with Crippen LogP contribution in [0, 0.1) is 0 Å². The van der Waals surface area contributed by atoms with Crippen LogP contribution in [0.3, 0.4) is 0 Å². The molecule has 14 rings (SSSR count). The van der Waals surface area contributed by atoms with Crippen LogP contribution in [-0.4, -0.2) is 28.7 Å². The summed E-state index contributed by atoms with van der Waals surface area (Å²) < 4.78 is 7.12. The van der Waals surface area contributed by atoms with E-state index in [4.69, 9.17) is 15.0 Å². The molecule has 4 heterocycles. The lowest BCUT2D eigenvalue weighted by Gasteiger charge is -2.14. The molecule has 6 nitrogen and oxygen atoms in total. The van der Waals surface area contributed by atoms with Gasteiger partial charge in [-0.05, 0) is 70.4 Å². The van der Waals surface area contributed by atoms with E-state index in [2.05, 4.69) is 220 Å². The Balaban J connectivity index is 1.11. The Bertz CT molecular complexity index is 4200. The van der Waals surface area contributed by atoms with Gasteiger partial charge in [0.15, 0.2) is 11.6 Å². The lowest BCUT2D eigenvalue weighted by Crippen LogP contribution is -2.07. The molecule has 0 aliphatic heterocycles. The predicted molar refractivity (Wildman–Crippen MR) is 277 cm³/mol. The van der Waals surface area contributed by atoms with Crippen molar-refractivity contribution in [2.45, 2.75) is 0 Å². The summed E-state index contributed by atoms with van der Waals surface area (Å²) in [6.07, 6.45) is 0. The molecule has 0 fully saturated rings. The number of rotatable bonds is 6. The predicted octanol–water partition coefficient (Wildman–Crippen LogP) is 15.3. The molecule has 0 aliphatic rings. The Morgan fingerprint density at radius 2 is 0.701 bits per heavy atom. The van der Waals surface area contributed by atoms with Gasteiger partial charge in [-0.3, -0.25) is 4.57 Å². The van der Waals surface area contributed by atoms with Gasteiger partial charge < -0.3 is 9.13 Å². The highest BCUT2D eigenvalue weighted by atomic mass is 15.2. The van der Waals surface area contributed by atoms with Crippen molar-refractivity contribution >= 4 is 76.2 Å². The van der Waals surface area contributed by atoms with Crippen LogP contribution in [0.15, 0.2) is 231 Å². The molecule has 0 saturated carbocycles. The summed E-state index contributed by atoms with van der Waals surface area (Å²) in [5.41, 5.74) is 12.8. The van der Waals surface area contributed by atoms with Gasteiger partial charge in [0.25, 0.3) is 0 Å². The molecule has 0 aliphatic carbocycles. The molecule has 0 N–H and O–H groups in total. The highest BCUT2D eigenvalue weighted by Gasteiger charge is 2.25. The molecule has 0 unspecified atom stereocenters. The molecule has 0 amide bonds. The van der Waals surface area contributed by atoms with Crippen LogP contribution in [0.25, 0.3) is 127 Å². The van der Waals surface area contributed by atoms with Crippen LogP contribution in [-0.2, 0) is 0 Å². The van der Waals surface area contributed by atoms with Gasteiger partial charge in [0, 0.05) is 54.8 Å². The molecule has 312 valence electrons. The second-order valence-corrected chi connectivity index (χ2v) is 17.2. The first-order valence-corrected chi connectivity index (χ1v) is 22.7. The van der Waals surface area contributed by atoms with E-state index in [0.29, 0.717) is 17.6 Å². The lowest BCUT2D eigenvalue weighted by molar-refractivity contribution is 0.953. The SMILES string of the molecule is c1ccc(-c2ccc(-c3nc(-c4ccccc4)nc(-n4c5ccc(-n6c7ccccc7c7ccccc76)cc5c5ccc6c7ccccc7n(-c7ccc8ccccc8c7)c6c54)n3)cc2)cc1. The molecule has 14 aromatic rings. The molecular weight excluding hydrogens is 817 g/mol. The first kappa shape index (κ1) is 37.3. The van der Waals surface area contributed by atoms with Gasteiger partial charge >= 0.3 is 0 Å². The zero-order valence-corrected chi connectivity index (χ0v) is 36.1. The molecule has 0 atom stereocenters. The number of nitrogens with zero attached hydrogens (tertiary/aromatic N) is 6. The monoisotopic (exact) mass is 854 g/mol. The van der Waals surface area contributed by atoms with Crippen molar-refractivity contribution in [1.82, 2.24) is 28.7 Å². The van der Waals surface area contributed by atoms with E-state index in [1.807, 2.05) is 24.3 Å². The Morgan fingerprint density at radius 1 is 0.254 bits per heavy atom. The van der Waals surface area contributed by atoms with Gasteiger partial charge in [0.2, 0.25) is 5.95 Å². The van der Waals surface area contributed by atoms with Gasteiger partial charge in [0.05, 0.1) is 33.1 Å². The Labute approximate surface area is 384 Å². The maximum atomic E-state index is 5.46. The summed E-state index contributed by atoms with van der Waals surface area (Å²) >= 11 is 0. The Hall–Kier alpha value is -9.13. The van der Waals surface area contributed by atoms with E-state index in [-0.39, 0.29) is 0 Å². The first-order valence-electron chi connectivity index (χ1n) is 22.7. The van der Waals surface area contributed by atoms with Crippen molar-refractivity contribution in [2.24, 2.45) is 0 Å². The topological polar surface area (TPSA) is 53.5 Å². The number of hydrogen-bond acceptors (Lipinski definition) is 3. The largest absolute Gasteiger partial charge is 0.309 e. The molecule has 10 aromatic carbocycles.